The van der Waals surface area contributed by atoms with E-state index in [2.05, 4.69) is 5.32 Å². The van der Waals surface area contributed by atoms with Crippen LogP contribution in [0, 0.1) is 17.1 Å². The van der Waals surface area contributed by atoms with Gasteiger partial charge in [0.25, 0.3) is 0 Å². The van der Waals surface area contributed by atoms with Crippen LogP contribution in [0.3, 0.4) is 0 Å². The normalized spacial score (nSPS) is 13.3. The first kappa shape index (κ1) is 31.0. The number of hydrazine groups is 1. The van der Waals surface area contributed by atoms with Crippen LogP contribution in [-0.2, 0) is 11.2 Å². The minimum atomic E-state index is -0.581. The summed E-state index contributed by atoms with van der Waals surface area (Å²) in [5.41, 5.74) is 16.3. The first-order valence-electron chi connectivity index (χ1n) is 13.6. The number of nitriles is 1. The van der Waals surface area contributed by atoms with Gasteiger partial charge in [0.1, 0.15) is 11.9 Å². The number of thiophene rings is 1. The fourth-order valence-electron chi connectivity index (χ4n) is 4.88. The van der Waals surface area contributed by atoms with Crippen molar-refractivity contribution in [2.45, 2.75) is 70.6 Å². The third kappa shape index (κ3) is 7.58. The molecule has 0 spiro atoms. The molecule has 0 radical (unpaired) electrons. The Labute approximate surface area is 239 Å². The quantitative estimate of drug-likeness (QED) is 0.0588. The Balaban J connectivity index is 1.98. The van der Waals surface area contributed by atoms with E-state index < -0.39 is 11.9 Å². The minimum absolute atomic E-state index is 0.0147. The highest BCUT2D eigenvalue weighted by Crippen LogP contribution is 2.42. The van der Waals surface area contributed by atoms with Crippen LogP contribution in [0.2, 0.25) is 0 Å². The zero-order chi connectivity index (χ0) is 29.2. The number of rotatable bonds is 15. The van der Waals surface area contributed by atoms with Crippen molar-refractivity contribution < 1.29 is 14.3 Å². The highest BCUT2D eigenvalue weighted by molar-refractivity contribution is 7.16. The van der Waals surface area contributed by atoms with Gasteiger partial charge in [0.15, 0.2) is 0 Å². The highest BCUT2D eigenvalue weighted by atomic mass is 32.1. The van der Waals surface area contributed by atoms with Gasteiger partial charge < -0.3 is 26.9 Å². The number of halogens is 1. The summed E-state index contributed by atoms with van der Waals surface area (Å²) in [7, 11) is 0. The lowest BCUT2D eigenvalue weighted by Gasteiger charge is -2.33. The van der Waals surface area contributed by atoms with Gasteiger partial charge in [-0.1, -0.05) is 32.4 Å². The Hall–Kier alpha value is -3.49. The predicted octanol–water partition coefficient (Wildman–Crippen LogP) is 4.69. The van der Waals surface area contributed by atoms with Crippen molar-refractivity contribution in [3.05, 3.63) is 58.7 Å². The fourth-order valence-corrected chi connectivity index (χ4v) is 6.15. The smallest absolute Gasteiger partial charge is 0.207 e. The summed E-state index contributed by atoms with van der Waals surface area (Å²) >= 11 is 1.56. The van der Waals surface area contributed by atoms with Gasteiger partial charge in [-0.15, -0.1) is 11.3 Å². The number of carbonyl (C=O) groups is 1. The number of aliphatic hydroxyl groups is 1. The van der Waals surface area contributed by atoms with Crippen molar-refractivity contribution in [2.24, 2.45) is 11.6 Å². The summed E-state index contributed by atoms with van der Waals surface area (Å²) in [4.78, 5) is 12.4. The second-order valence-electron chi connectivity index (χ2n) is 9.95. The molecule has 214 valence electrons. The number of anilines is 2. The largest absolute Gasteiger partial charge is 0.397 e. The second-order valence-corrected chi connectivity index (χ2v) is 11.1. The van der Waals surface area contributed by atoms with E-state index in [4.69, 9.17) is 17.3 Å². The number of nitrogens with zero attached hydrogens (tertiary/aromatic N) is 2. The summed E-state index contributed by atoms with van der Waals surface area (Å²) < 4.78 is 14.6. The van der Waals surface area contributed by atoms with Crippen LogP contribution in [0.5, 0.6) is 0 Å². The van der Waals surface area contributed by atoms with Crippen LogP contribution in [0.15, 0.2) is 42.5 Å². The van der Waals surface area contributed by atoms with Crippen LogP contribution in [-0.4, -0.2) is 36.2 Å². The van der Waals surface area contributed by atoms with Crippen molar-refractivity contribution in [1.29, 1.82) is 5.26 Å². The summed E-state index contributed by atoms with van der Waals surface area (Å²) in [5.74, 6) is 5.86. The van der Waals surface area contributed by atoms with Crippen LogP contribution in [0.25, 0.3) is 21.6 Å². The molecule has 3 aromatic rings. The van der Waals surface area contributed by atoms with Crippen molar-refractivity contribution in [3.63, 3.8) is 0 Å². The molecule has 1 aromatic heterocycles. The molecule has 3 unspecified atom stereocenters. The maximum Gasteiger partial charge on any atom is 0.207 e. The van der Waals surface area contributed by atoms with Gasteiger partial charge in [-0.2, -0.15) is 5.26 Å². The fraction of sp³-hybridized carbons (Fsp3) is 0.400. The van der Waals surface area contributed by atoms with E-state index in [1.165, 1.54) is 12.1 Å². The van der Waals surface area contributed by atoms with Gasteiger partial charge in [0.05, 0.1) is 29.1 Å². The van der Waals surface area contributed by atoms with Crippen LogP contribution in [0.1, 0.15) is 56.4 Å². The van der Waals surface area contributed by atoms with Crippen molar-refractivity contribution in [2.75, 3.05) is 17.3 Å². The van der Waals surface area contributed by atoms with E-state index >= 15 is 0 Å². The number of amides is 1. The maximum atomic E-state index is 14.6. The molecule has 1 amide bonds. The Morgan fingerprint density at radius 3 is 2.55 bits per heavy atom. The topological polar surface area (TPSA) is 154 Å². The summed E-state index contributed by atoms with van der Waals surface area (Å²) in [5, 5.41) is 24.0. The number of carbonyl (C=O) groups excluding carboxylic acids is 1. The third-order valence-corrected chi connectivity index (χ3v) is 8.20. The van der Waals surface area contributed by atoms with Crippen LogP contribution >= 0.6 is 11.3 Å². The molecule has 3 atom stereocenters. The molecule has 1 heterocycles. The van der Waals surface area contributed by atoms with Crippen LogP contribution in [0.4, 0.5) is 15.8 Å². The molecular weight excluding hydrogens is 527 g/mol. The summed E-state index contributed by atoms with van der Waals surface area (Å²) in [6.45, 7) is 4.57. The zero-order valence-corrected chi connectivity index (χ0v) is 23.9. The third-order valence-electron chi connectivity index (χ3n) is 7.00. The number of nitrogens with two attached hydrogens (primary N) is 3. The van der Waals surface area contributed by atoms with Gasteiger partial charge in [-0.05, 0) is 73.6 Å². The standard InChI is InChI=1S/C30H39FN6O2S/c1-3-6-29(39)27(4-2)37(35)28-11-10-20(14-26(28)34)30-24(19-8-9-21(17-32)25(31)13-19)16-23(40-30)15-22(33)7-5-12-36-18-38/h8-11,13-14,16,18,22,27,29,39H,3-7,12,15,33-35H2,1-2H3,(H,36,38). The second kappa shape index (κ2) is 14.8. The molecule has 0 aliphatic rings. The number of hydrogen-bond donors (Lipinski definition) is 5. The number of benzene rings is 2. The number of hydrogen-bond acceptors (Lipinski definition) is 8. The van der Waals surface area contributed by atoms with Gasteiger partial charge in [0, 0.05) is 27.9 Å². The SMILES string of the molecule is CCCC(O)C(CC)N(N)c1ccc(-c2sc(CC(N)CCCNC=O)cc2-c2ccc(C#N)c(F)c2)cc1N. The summed E-state index contributed by atoms with van der Waals surface area (Å²) in [6, 6.07) is 13.7. The number of aliphatic hydroxyl groups excluding tert-OH is 1. The number of nitrogen functional groups attached to an aromatic ring is 1. The lowest BCUT2D eigenvalue weighted by molar-refractivity contribution is -0.109. The maximum absolute atomic E-state index is 14.6. The lowest BCUT2D eigenvalue weighted by atomic mass is 9.99. The first-order chi connectivity index (χ1) is 19.2. The molecule has 8 nitrogen and oxygen atoms in total. The molecule has 0 saturated heterocycles. The van der Waals surface area contributed by atoms with Crippen molar-refractivity contribution in [1.82, 2.24) is 5.32 Å². The van der Waals surface area contributed by atoms with E-state index in [9.17, 15) is 19.6 Å². The van der Waals surface area contributed by atoms with E-state index in [-0.39, 0.29) is 17.6 Å². The van der Waals surface area contributed by atoms with Gasteiger partial charge >= 0.3 is 0 Å². The van der Waals surface area contributed by atoms with E-state index in [1.807, 2.05) is 44.2 Å². The van der Waals surface area contributed by atoms with Gasteiger partial charge in [0.2, 0.25) is 6.41 Å². The zero-order valence-electron chi connectivity index (χ0n) is 23.1. The molecule has 0 bridgehead atoms. The van der Waals surface area contributed by atoms with E-state index in [1.54, 1.807) is 22.4 Å². The molecule has 8 N–H and O–H groups in total. The van der Waals surface area contributed by atoms with Gasteiger partial charge in [-0.25, -0.2) is 10.2 Å². The van der Waals surface area contributed by atoms with Crippen LogP contribution < -0.4 is 27.6 Å². The molecular formula is C30H39FN6O2S. The number of nitrogens with one attached hydrogen (secondary N) is 1. The molecule has 2 aromatic carbocycles. The molecule has 10 heteroatoms. The predicted molar refractivity (Wildman–Crippen MR) is 161 cm³/mol. The lowest BCUT2D eigenvalue weighted by Crippen LogP contribution is -2.48. The Morgan fingerprint density at radius 1 is 1.18 bits per heavy atom. The first-order valence-corrected chi connectivity index (χ1v) is 14.4. The average molecular weight is 567 g/mol. The Bertz CT molecular complexity index is 1320. The molecule has 40 heavy (non-hydrogen) atoms. The monoisotopic (exact) mass is 566 g/mol. The summed E-state index contributed by atoms with van der Waals surface area (Å²) in [6.07, 6.45) is 4.38. The molecule has 0 aliphatic carbocycles. The van der Waals surface area contributed by atoms with E-state index in [0.29, 0.717) is 49.2 Å². The van der Waals surface area contributed by atoms with Crippen molar-refractivity contribution >= 4 is 29.1 Å². The average Bonchev–Trinajstić information content (AvgIpc) is 3.35. The Kier molecular flexibility index (Phi) is 11.5. The van der Waals surface area contributed by atoms with Gasteiger partial charge in [-0.3, -0.25) is 4.79 Å². The molecule has 3 rings (SSSR count). The molecule has 0 aliphatic heterocycles. The molecule has 0 saturated carbocycles. The highest BCUT2D eigenvalue weighted by Gasteiger charge is 2.24. The Morgan fingerprint density at radius 2 is 1.93 bits per heavy atom. The minimum Gasteiger partial charge on any atom is -0.397 e. The van der Waals surface area contributed by atoms with Crippen molar-refractivity contribution in [3.8, 4) is 27.6 Å². The van der Waals surface area contributed by atoms with E-state index in [0.717, 1.165) is 40.1 Å². The molecule has 0 fully saturated rings.